The van der Waals surface area contributed by atoms with Crippen molar-refractivity contribution in [3.63, 3.8) is 0 Å². The molecule has 6 aliphatic rings. The highest BCUT2D eigenvalue weighted by molar-refractivity contribution is 5.38. The molecular formula is C33H40N2O. The number of fused-ring (bicyclic) bond motifs is 2. The third-order valence-corrected chi connectivity index (χ3v) is 9.71. The van der Waals surface area contributed by atoms with Gasteiger partial charge in [-0.3, -0.25) is 5.32 Å². The number of hydrogen-bond donors (Lipinski definition) is 1. The van der Waals surface area contributed by atoms with E-state index in [4.69, 9.17) is 4.74 Å². The molecule has 0 bridgehead atoms. The number of hydrogen-bond acceptors (Lipinski definition) is 3. The first-order valence-electron chi connectivity index (χ1n) is 14.2. The highest BCUT2D eigenvalue weighted by atomic mass is 16.5. The van der Waals surface area contributed by atoms with Crippen molar-refractivity contribution in [2.24, 2.45) is 35.5 Å². The Morgan fingerprint density at radius 3 is 2.72 bits per heavy atom. The van der Waals surface area contributed by atoms with Crippen LogP contribution < -0.4 is 5.32 Å². The van der Waals surface area contributed by atoms with Gasteiger partial charge in [0, 0.05) is 11.8 Å². The average molecular weight is 481 g/mol. The van der Waals surface area contributed by atoms with E-state index in [2.05, 4.69) is 91.2 Å². The van der Waals surface area contributed by atoms with Crippen LogP contribution in [-0.2, 0) is 4.74 Å². The van der Waals surface area contributed by atoms with Gasteiger partial charge in [-0.2, -0.15) is 5.26 Å². The van der Waals surface area contributed by atoms with E-state index in [0.29, 0.717) is 35.5 Å². The van der Waals surface area contributed by atoms with Gasteiger partial charge in [0.2, 0.25) is 0 Å². The van der Waals surface area contributed by atoms with E-state index < -0.39 is 5.54 Å². The van der Waals surface area contributed by atoms with E-state index >= 15 is 0 Å². The number of ether oxygens (including phenoxy) is 1. The van der Waals surface area contributed by atoms with Crippen LogP contribution in [0.4, 0.5) is 0 Å². The van der Waals surface area contributed by atoms with E-state index in [1.54, 1.807) is 0 Å². The molecule has 0 radical (unpaired) electrons. The molecule has 3 nitrogen and oxygen atoms in total. The van der Waals surface area contributed by atoms with Crippen LogP contribution in [0.3, 0.4) is 0 Å². The summed E-state index contributed by atoms with van der Waals surface area (Å²) >= 11 is 0. The summed E-state index contributed by atoms with van der Waals surface area (Å²) < 4.78 is 6.66. The van der Waals surface area contributed by atoms with E-state index in [1.165, 1.54) is 17.6 Å². The van der Waals surface area contributed by atoms with Crippen molar-refractivity contribution in [2.45, 2.75) is 69.6 Å². The number of rotatable bonds is 3. The SMILES string of the molecule is CC1(C#N)NCCCC1C1C=C(C2C=C([C@@H]3CC4C=CC=CC4O[C@@H]4C=CCCC43)C=CC2)C=CC1. The van der Waals surface area contributed by atoms with Crippen molar-refractivity contribution in [1.29, 1.82) is 5.26 Å². The summed E-state index contributed by atoms with van der Waals surface area (Å²) in [5.41, 5.74) is 2.54. The zero-order valence-electron chi connectivity index (χ0n) is 21.6. The third kappa shape index (κ3) is 4.55. The first kappa shape index (κ1) is 24.0. The lowest BCUT2D eigenvalue weighted by Gasteiger charge is -2.41. The molecule has 0 saturated carbocycles. The summed E-state index contributed by atoms with van der Waals surface area (Å²) in [6.45, 7) is 3.06. The third-order valence-electron chi connectivity index (χ3n) is 9.71. The Bertz CT molecular complexity index is 1100. The van der Waals surface area contributed by atoms with Crippen LogP contribution in [0.5, 0.6) is 0 Å². The first-order chi connectivity index (χ1) is 17.6. The average Bonchev–Trinajstić information content (AvgIpc) is 3.10. The molecule has 1 N–H and O–H groups in total. The molecule has 0 amide bonds. The molecule has 0 aromatic carbocycles. The Morgan fingerprint density at radius 2 is 1.81 bits per heavy atom. The first-order valence-corrected chi connectivity index (χ1v) is 14.2. The predicted molar refractivity (Wildman–Crippen MR) is 146 cm³/mol. The molecule has 7 unspecified atom stereocenters. The lowest BCUT2D eigenvalue weighted by molar-refractivity contribution is -0.000928. The van der Waals surface area contributed by atoms with E-state index in [-0.39, 0.29) is 12.2 Å². The fourth-order valence-electron chi connectivity index (χ4n) is 7.73. The Balaban J connectivity index is 1.27. The van der Waals surface area contributed by atoms with E-state index in [0.717, 1.165) is 45.1 Å². The highest BCUT2D eigenvalue weighted by Gasteiger charge is 2.42. The maximum Gasteiger partial charge on any atom is 0.107 e. The van der Waals surface area contributed by atoms with Crippen LogP contribution in [0.1, 0.15) is 51.9 Å². The van der Waals surface area contributed by atoms with Gasteiger partial charge < -0.3 is 4.74 Å². The number of nitrogens with one attached hydrogen (secondary N) is 1. The topological polar surface area (TPSA) is 45.0 Å². The second kappa shape index (κ2) is 10.2. The normalized spacial score (nSPS) is 43.6. The lowest BCUT2D eigenvalue weighted by Crippen LogP contribution is -2.53. The van der Waals surface area contributed by atoms with Crippen molar-refractivity contribution >= 4 is 0 Å². The molecule has 0 aromatic heterocycles. The Morgan fingerprint density at radius 1 is 0.944 bits per heavy atom. The van der Waals surface area contributed by atoms with Crippen LogP contribution in [0.2, 0.25) is 0 Å². The van der Waals surface area contributed by atoms with Crippen LogP contribution in [0, 0.1) is 46.8 Å². The van der Waals surface area contributed by atoms with Crippen LogP contribution in [-0.4, -0.2) is 24.3 Å². The molecule has 188 valence electrons. The summed E-state index contributed by atoms with van der Waals surface area (Å²) in [6.07, 6.45) is 36.6. The van der Waals surface area contributed by atoms with Crippen molar-refractivity contribution in [3.05, 3.63) is 84.1 Å². The summed E-state index contributed by atoms with van der Waals surface area (Å²) in [4.78, 5) is 0. The van der Waals surface area contributed by atoms with Gasteiger partial charge in [0.1, 0.15) is 5.54 Å². The van der Waals surface area contributed by atoms with Crippen LogP contribution >= 0.6 is 0 Å². The van der Waals surface area contributed by atoms with Gasteiger partial charge in [-0.25, -0.2) is 0 Å². The largest absolute Gasteiger partial charge is 0.366 e. The standard InChI is InChI=1S/C33H40N2O/c1-33(22-34)30(15-8-18-35-33)26-13-7-11-24(20-26)23-10-6-12-25(19-23)29-21-27-9-2-4-16-31(27)36-32-17-5-3-14-28(29)32/h2,4-7,9,11-12,16-17,19-20,23,26-32,35H,3,8,10,13-15,18,21H2,1H3/t23?,26?,27?,28?,29-,30?,31?,32+,33?/m0/s1. The Kier molecular flexibility index (Phi) is 6.76. The Labute approximate surface area is 217 Å². The minimum atomic E-state index is -0.425. The second-order valence-electron chi connectivity index (χ2n) is 11.9. The van der Waals surface area contributed by atoms with Crippen LogP contribution in [0.15, 0.2) is 84.1 Å². The Hall–Kier alpha value is -2.41. The number of allylic oxidation sites excluding steroid dienone is 11. The van der Waals surface area contributed by atoms with Gasteiger partial charge in [-0.1, -0.05) is 72.9 Å². The molecule has 0 aromatic rings. The smallest absolute Gasteiger partial charge is 0.107 e. The van der Waals surface area contributed by atoms with Crippen molar-refractivity contribution in [3.8, 4) is 6.07 Å². The van der Waals surface area contributed by atoms with Crippen molar-refractivity contribution < 1.29 is 4.74 Å². The summed E-state index contributed by atoms with van der Waals surface area (Å²) in [5, 5.41) is 13.5. The molecule has 36 heavy (non-hydrogen) atoms. The monoisotopic (exact) mass is 480 g/mol. The molecule has 2 heterocycles. The molecule has 2 saturated heterocycles. The van der Waals surface area contributed by atoms with Gasteiger partial charge in [0.25, 0.3) is 0 Å². The minimum absolute atomic E-state index is 0.197. The molecular weight excluding hydrogens is 440 g/mol. The lowest BCUT2D eigenvalue weighted by atomic mass is 9.68. The molecule has 2 fully saturated rings. The second-order valence-corrected chi connectivity index (χ2v) is 11.9. The molecule has 6 rings (SSSR count). The molecule has 9 atom stereocenters. The zero-order valence-corrected chi connectivity index (χ0v) is 21.6. The molecule has 4 aliphatic carbocycles. The van der Waals surface area contributed by atoms with Gasteiger partial charge in [-0.15, -0.1) is 0 Å². The fraction of sp³-hybridized carbons (Fsp3) is 0.545. The van der Waals surface area contributed by atoms with Crippen molar-refractivity contribution in [1.82, 2.24) is 5.32 Å². The summed E-state index contributed by atoms with van der Waals surface area (Å²) in [7, 11) is 0. The van der Waals surface area contributed by atoms with Crippen LogP contribution in [0.25, 0.3) is 0 Å². The fourth-order valence-corrected chi connectivity index (χ4v) is 7.73. The number of nitriles is 1. The minimum Gasteiger partial charge on any atom is -0.366 e. The summed E-state index contributed by atoms with van der Waals surface area (Å²) in [6, 6.07) is 2.61. The van der Waals surface area contributed by atoms with Crippen molar-refractivity contribution in [2.75, 3.05) is 6.54 Å². The number of piperidine rings is 1. The van der Waals surface area contributed by atoms with Gasteiger partial charge in [0.15, 0.2) is 0 Å². The highest BCUT2D eigenvalue weighted by Crippen LogP contribution is 2.45. The maximum atomic E-state index is 9.95. The molecule has 3 heteroatoms. The molecule has 2 aliphatic heterocycles. The van der Waals surface area contributed by atoms with E-state index in [9.17, 15) is 5.26 Å². The zero-order chi connectivity index (χ0) is 24.5. The van der Waals surface area contributed by atoms with Gasteiger partial charge >= 0.3 is 0 Å². The van der Waals surface area contributed by atoms with Gasteiger partial charge in [-0.05, 0) is 93.2 Å². The van der Waals surface area contributed by atoms with Gasteiger partial charge in [0.05, 0.1) is 18.3 Å². The van der Waals surface area contributed by atoms with E-state index in [1.807, 2.05) is 0 Å². The maximum absolute atomic E-state index is 9.95. The summed E-state index contributed by atoms with van der Waals surface area (Å²) in [5.74, 6) is 2.76. The quantitative estimate of drug-likeness (QED) is 0.454. The predicted octanol–water partition coefficient (Wildman–Crippen LogP) is 6.76. The number of nitrogens with zero attached hydrogens (tertiary/aromatic N) is 1. The molecule has 0 spiro atoms.